The third-order valence-electron chi connectivity index (χ3n) is 4.89. The number of pyridine rings is 1. The van der Waals surface area contributed by atoms with E-state index < -0.39 is 5.92 Å². The van der Waals surface area contributed by atoms with Gasteiger partial charge in [0.15, 0.2) is 0 Å². The third kappa shape index (κ3) is 3.47. The Labute approximate surface area is 164 Å². The maximum atomic E-state index is 13.4. The smallest absolute Gasteiger partial charge is 0.258 e. The molecule has 0 saturated heterocycles. The molecule has 0 radical (unpaired) electrons. The predicted octanol–water partition coefficient (Wildman–Crippen LogP) is 1.95. The fraction of sp³-hybridized carbons (Fsp3) is 0.333. The summed E-state index contributed by atoms with van der Waals surface area (Å²) < 4.78 is 12.7. The van der Waals surface area contributed by atoms with Crippen molar-refractivity contribution in [2.24, 2.45) is 5.73 Å². The number of nitrogens with zero attached hydrogens (tertiary/aromatic N) is 3. The van der Waals surface area contributed by atoms with Gasteiger partial charge in [0.1, 0.15) is 23.1 Å². The van der Waals surface area contributed by atoms with Crippen LogP contribution in [0.4, 0.5) is 0 Å². The Kier molecular flexibility index (Phi) is 5.43. The molecule has 28 heavy (non-hydrogen) atoms. The van der Waals surface area contributed by atoms with Crippen LogP contribution in [0.1, 0.15) is 22.7 Å². The van der Waals surface area contributed by atoms with Crippen LogP contribution in [0.15, 0.2) is 46.6 Å². The summed E-state index contributed by atoms with van der Waals surface area (Å²) >= 11 is 0. The molecule has 1 aromatic carbocycles. The van der Waals surface area contributed by atoms with Crippen LogP contribution >= 0.6 is 0 Å². The monoisotopic (exact) mass is 380 g/mol. The van der Waals surface area contributed by atoms with E-state index >= 15 is 0 Å². The highest BCUT2D eigenvalue weighted by Gasteiger charge is 2.34. The highest BCUT2D eigenvalue weighted by molar-refractivity contribution is 5.56. The lowest BCUT2D eigenvalue weighted by Gasteiger charge is -2.27. The summed E-state index contributed by atoms with van der Waals surface area (Å²) in [5.41, 5.74) is 8.03. The molecule has 0 amide bonds. The topological polar surface area (TPSA) is 93.5 Å². The Hall–Kier alpha value is -3.24. The fourth-order valence-electron chi connectivity index (χ4n) is 3.42. The Morgan fingerprint density at radius 1 is 1.36 bits per heavy atom. The minimum Gasteiger partial charge on any atom is -0.497 e. The molecule has 1 atom stereocenters. The highest BCUT2D eigenvalue weighted by atomic mass is 16.5. The normalized spacial score (nSPS) is 15.8. The number of rotatable bonds is 5. The molecule has 1 aliphatic heterocycles. The van der Waals surface area contributed by atoms with Gasteiger partial charge in [-0.15, -0.1) is 0 Å². The minimum absolute atomic E-state index is 0.0210. The van der Waals surface area contributed by atoms with Gasteiger partial charge < -0.3 is 24.7 Å². The van der Waals surface area contributed by atoms with Crippen LogP contribution in [-0.4, -0.2) is 37.2 Å². The number of benzene rings is 1. The van der Waals surface area contributed by atoms with Crippen molar-refractivity contribution in [3.8, 4) is 17.6 Å². The quantitative estimate of drug-likeness (QED) is 0.852. The fourth-order valence-corrected chi connectivity index (χ4v) is 3.42. The molecule has 1 aliphatic rings. The lowest BCUT2D eigenvalue weighted by atomic mass is 9.84. The molecule has 0 aliphatic carbocycles. The molecular weight excluding hydrogens is 356 g/mol. The first kappa shape index (κ1) is 19.5. The average Bonchev–Trinajstić information content (AvgIpc) is 2.66. The molecule has 7 heteroatoms. The molecule has 7 nitrogen and oxygen atoms in total. The van der Waals surface area contributed by atoms with Crippen molar-refractivity contribution >= 4 is 0 Å². The Morgan fingerprint density at radius 2 is 2.11 bits per heavy atom. The van der Waals surface area contributed by atoms with Crippen LogP contribution < -0.4 is 20.8 Å². The molecule has 146 valence electrons. The number of methoxy groups -OCH3 is 1. The van der Waals surface area contributed by atoms with E-state index in [0.717, 1.165) is 11.3 Å². The third-order valence-corrected chi connectivity index (χ3v) is 4.89. The van der Waals surface area contributed by atoms with Crippen molar-refractivity contribution in [2.45, 2.75) is 19.4 Å². The van der Waals surface area contributed by atoms with Crippen LogP contribution in [0.5, 0.6) is 11.5 Å². The number of hydrogen-bond acceptors (Lipinski definition) is 6. The number of aryl methyl sites for hydroxylation is 1. The lowest BCUT2D eigenvalue weighted by molar-refractivity contribution is 0.369. The number of nitrogens with two attached hydrogens (primary N) is 1. The van der Waals surface area contributed by atoms with Crippen molar-refractivity contribution in [1.29, 1.82) is 5.26 Å². The number of fused-ring (bicyclic) bond motifs is 1. The van der Waals surface area contributed by atoms with Gasteiger partial charge in [0.25, 0.3) is 5.56 Å². The summed E-state index contributed by atoms with van der Waals surface area (Å²) in [7, 11) is 5.49. The lowest BCUT2D eigenvalue weighted by Crippen LogP contribution is -2.34. The standard InChI is InChI=1S/C21H24N4O3/c1-13-10-17-19(21(26)25(13)9-8-24(2)3)18(16(12-22)20(23)28-17)14-6-5-7-15(11-14)27-4/h5-7,10-11,18H,8-9,23H2,1-4H3. The summed E-state index contributed by atoms with van der Waals surface area (Å²) in [6.45, 7) is 3.12. The van der Waals surface area contributed by atoms with E-state index in [4.69, 9.17) is 15.2 Å². The first-order chi connectivity index (χ1) is 13.4. The molecule has 0 saturated carbocycles. The second-order valence-corrected chi connectivity index (χ2v) is 7.03. The van der Waals surface area contributed by atoms with Gasteiger partial charge in [-0.1, -0.05) is 12.1 Å². The van der Waals surface area contributed by atoms with E-state index in [1.807, 2.05) is 50.2 Å². The van der Waals surface area contributed by atoms with Gasteiger partial charge in [-0.25, -0.2) is 0 Å². The Bertz CT molecular complexity index is 1030. The van der Waals surface area contributed by atoms with Crippen molar-refractivity contribution in [2.75, 3.05) is 27.7 Å². The number of allylic oxidation sites excluding steroid dienone is 1. The van der Waals surface area contributed by atoms with Crippen molar-refractivity contribution < 1.29 is 9.47 Å². The van der Waals surface area contributed by atoms with E-state index in [-0.39, 0.29) is 17.0 Å². The number of likely N-dealkylation sites (N-methyl/N-ethyl adjacent to an activating group) is 1. The highest BCUT2D eigenvalue weighted by Crippen LogP contribution is 2.41. The molecule has 0 fully saturated rings. The largest absolute Gasteiger partial charge is 0.497 e. The van der Waals surface area contributed by atoms with Crippen LogP contribution in [0.25, 0.3) is 0 Å². The summed E-state index contributed by atoms with van der Waals surface area (Å²) in [6, 6.07) is 11.2. The van der Waals surface area contributed by atoms with E-state index in [2.05, 4.69) is 6.07 Å². The number of hydrogen-bond donors (Lipinski definition) is 1. The predicted molar refractivity (Wildman–Crippen MR) is 106 cm³/mol. The van der Waals surface area contributed by atoms with E-state index in [1.54, 1.807) is 17.7 Å². The first-order valence-corrected chi connectivity index (χ1v) is 8.98. The van der Waals surface area contributed by atoms with Gasteiger partial charge in [-0.3, -0.25) is 4.79 Å². The molecule has 0 spiro atoms. The molecule has 2 aromatic rings. The summed E-state index contributed by atoms with van der Waals surface area (Å²) in [4.78, 5) is 15.4. The van der Waals surface area contributed by atoms with Gasteiger partial charge in [-0.2, -0.15) is 5.26 Å². The van der Waals surface area contributed by atoms with Gasteiger partial charge in [0.2, 0.25) is 5.88 Å². The van der Waals surface area contributed by atoms with Gasteiger partial charge in [0, 0.05) is 24.8 Å². The maximum absolute atomic E-state index is 13.4. The molecule has 2 heterocycles. The van der Waals surface area contributed by atoms with Crippen molar-refractivity contribution in [3.05, 3.63) is 69.0 Å². The number of aromatic nitrogens is 1. The minimum atomic E-state index is -0.609. The number of ether oxygens (including phenoxy) is 2. The van der Waals surface area contributed by atoms with Crippen molar-refractivity contribution in [1.82, 2.24) is 9.47 Å². The van der Waals surface area contributed by atoms with E-state index in [9.17, 15) is 10.1 Å². The Morgan fingerprint density at radius 3 is 2.75 bits per heavy atom. The van der Waals surface area contributed by atoms with E-state index in [1.165, 1.54) is 0 Å². The molecule has 1 unspecified atom stereocenters. The van der Waals surface area contributed by atoms with Gasteiger partial charge >= 0.3 is 0 Å². The number of nitriles is 1. The second kappa shape index (κ2) is 7.79. The maximum Gasteiger partial charge on any atom is 0.258 e. The molecule has 3 rings (SSSR count). The SMILES string of the molecule is COc1cccc(C2C(C#N)=C(N)Oc3cc(C)n(CCN(C)C)c(=O)c32)c1. The molecular formula is C21H24N4O3. The van der Waals surface area contributed by atoms with E-state index in [0.29, 0.717) is 30.2 Å². The first-order valence-electron chi connectivity index (χ1n) is 8.98. The van der Waals surface area contributed by atoms with Crippen LogP contribution in [0.3, 0.4) is 0 Å². The van der Waals surface area contributed by atoms with Crippen LogP contribution in [0.2, 0.25) is 0 Å². The second-order valence-electron chi connectivity index (χ2n) is 7.03. The molecule has 1 aromatic heterocycles. The van der Waals surface area contributed by atoms with Gasteiger partial charge in [-0.05, 0) is 38.7 Å². The summed E-state index contributed by atoms with van der Waals surface area (Å²) in [5, 5.41) is 9.72. The van der Waals surface area contributed by atoms with Crippen molar-refractivity contribution in [3.63, 3.8) is 0 Å². The Balaban J connectivity index is 2.24. The zero-order valence-corrected chi connectivity index (χ0v) is 16.5. The van der Waals surface area contributed by atoms with Gasteiger partial charge in [0.05, 0.1) is 18.6 Å². The summed E-state index contributed by atoms with van der Waals surface area (Å²) in [5.74, 6) is 0.449. The zero-order valence-electron chi connectivity index (χ0n) is 16.5. The zero-order chi connectivity index (χ0) is 20.4. The van der Waals surface area contributed by atoms with Crippen LogP contribution in [-0.2, 0) is 6.54 Å². The van der Waals surface area contributed by atoms with Crippen LogP contribution in [0, 0.1) is 18.3 Å². The summed E-state index contributed by atoms with van der Waals surface area (Å²) in [6.07, 6.45) is 0. The average molecular weight is 380 g/mol. The molecule has 2 N–H and O–H groups in total. The molecule has 0 bridgehead atoms.